The van der Waals surface area contributed by atoms with E-state index in [1.165, 1.54) is 19.3 Å². The van der Waals surface area contributed by atoms with E-state index in [1.807, 2.05) is 6.07 Å². The van der Waals surface area contributed by atoms with Gasteiger partial charge in [0.25, 0.3) is 0 Å². The quantitative estimate of drug-likeness (QED) is 0.764. The van der Waals surface area contributed by atoms with Crippen LogP contribution in [0.3, 0.4) is 0 Å². The number of nitrogens with zero attached hydrogens (tertiary/aromatic N) is 2. The predicted octanol–water partition coefficient (Wildman–Crippen LogP) is 3.72. The van der Waals surface area contributed by atoms with Crippen molar-refractivity contribution in [2.24, 2.45) is 20.0 Å². The summed E-state index contributed by atoms with van der Waals surface area (Å²) in [5.41, 5.74) is 2.96. The van der Waals surface area contributed by atoms with Crippen molar-refractivity contribution < 1.29 is 0 Å². The van der Waals surface area contributed by atoms with Gasteiger partial charge in [-0.3, -0.25) is 9.13 Å². The number of halogens is 2. The Morgan fingerprint density at radius 3 is 2.37 bits per heavy atom. The number of aromatic nitrogens is 2. The highest BCUT2D eigenvalue weighted by molar-refractivity contribution is 9.10. The third-order valence-corrected chi connectivity index (χ3v) is 5.53. The molecule has 2 aromatic rings. The number of hydrogen-bond donors (Lipinski definition) is 0. The topological polar surface area (TPSA) is 26.9 Å². The molecule has 1 aromatic heterocycles. The molecule has 0 saturated heterocycles. The van der Waals surface area contributed by atoms with E-state index >= 15 is 0 Å². The van der Waals surface area contributed by atoms with E-state index < -0.39 is 0 Å². The maximum absolute atomic E-state index is 12.0. The molecule has 0 amide bonds. The second-order valence-electron chi connectivity index (χ2n) is 5.36. The monoisotopic (exact) mass is 342 g/mol. The highest BCUT2D eigenvalue weighted by Gasteiger charge is 2.28. The molecule has 1 atom stereocenters. The zero-order valence-corrected chi connectivity index (χ0v) is 13.3. The molecule has 1 heterocycles. The van der Waals surface area contributed by atoms with Gasteiger partial charge in [-0.05, 0) is 36.5 Å². The fourth-order valence-electron chi connectivity index (χ4n) is 2.73. The van der Waals surface area contributed by atoms with Crippen molar-refractivity contribution in [3.05, 3.63) is 32.7 Å². The molecular formula is C14H16BrClN2O. The lowest BCUT2D eigenvalue weighted by atomic mass is 9.80. The summed E-state index contributed by atoms with van der Waals surface area (Å²) >= 11 is 10.2. The van der Waals surface area contributed by atoms with E-state index in [0.717, 1.165) is 21.1 Å². The van der Waals surface area contributed by atoms with E-state index in [9.17, 15) is 4.79 Å². The standard InChI is InChI=1S/C14H16BrClN2O/c1-17-11-6-9(13(16)8-4-3-5-8)10(15)7-12(11)18(2)14(17)19/h6-8,13H,3-5H2,1-2H3. The first-order valence-electron chi connectivity index (χ1n) is 6.49. The van der Waals surface area contributed by atoms with E-state index in [0.29, 0.717) is 5.92 Å². The molecule has 102 valence electrons. The molecule has 19 heavy (non-hydrogen) atoms. The van der Waals surface area contributed by atoms with Crippen molar-refractivity contribution in [2.45, 2.75) is 24.6 Å². The Labute approximate surface area is 125 Å². The van der Waals surface area contributed by atoms with Gasteiger partial charge in [0.1, 0.15) is 0 Å². The lowest BCUT2D eigenvalue weighted by molar-refractivity contribution is 0.305. The summed E-state index contributed by atoms with van der Waals surface area (Å²) in [7, 11) is 3.59. The molecule has 3 rings (SSSR count). The van der Waals surface area contributed by atoms with E-state index in [-0.39, 0.29) is 11.1 Å². The maximum Gasteiger partial charge on any atom is 0.328 e. The number of hydrogen-bond acceptors (Lipinski definition) is 1. The Balaban J connectivity index is 2.18. The van der Waals surface area contributed by atoms with Gasteiger partial charge < -0.3 is 0 Å². The van der Waals surface area contributed by atoms with Crippen LogP contribution < -0.4 is 5.69 Å². The number of alkyl halides is 1. The summed E-state index contributed by atoms with van der Waals surface area (Å²) in [6.07, 6.45) is 3.68. The second kappa shape index (κ2) is 4.67. The van der Waals surface area contributed by atoms with Gasteiger partial charge in [0.2, 0.25) is 0 Å². The summed E-state index contributed by atoms with van der Waals surface area (Å²) in [4.78, 5) is 12.0. The first kappa shape index (κ1) is 13.3. The van der Waals surface area contributed by atoms with Gasteiger partial charge in [-0.2, -0.15) is 0 Å². The molecule has 0 aliphatic heterocycles. The Morgan fingerprint density at radius 1 is 1.26 bits per heavy atom. The minimum atomic E-state index is -0.00573. The summed E-state index contributed by atoms with van der Waals surface area (Å²) < 4.78 is 4.33. The van der Waals surface area contributed by atoms with Crippen LogP contribution in [-0.4, -0.2) is 9.13 Å². The lowest BCUT2D eigenvalue weighted by Crippen LogP contribution is -2.19. The van der Waals surface area contributed by atoms with Gasteiger partial charge >= 0.3 is 5.69 Å². The van der Waals surface area contributed by atoms with Crippen LogP contribution in [0.1, 0.15) is 30.2 Å². The van der Waals surface area contributed by atoms with E-state index in [2.05, 4.69) is 22.0 Å². The highest BCUT2D eigenvalue weighted by Crippen LogP contribution is 2.44. The molecule has 0 bridgehead atoms. The Kier molecular flexibility index (Phi) is 3.26. The number of aryl methyl sites for hydroxylation is 2. The molecule has 1 fully saturated rings. The molecular weight excluding hydrogens is 328 g/mol. The van der Waals surface area contributed by atoms with Crippen molar-refractivity contribution in [1.82, 2.24) is 9.13 Å². The molecule has 5 heteroatoms. The van der Waals surface area contributed by atoms with E-state index in [4.69, 9.17) is 11.6 Å². The number of benzene rings is 1. The van der Waals surface area contributed by atoms with Crippen LogP contribution in [0.5, 0.6) is 0 Å². The van der Waals surface area contributed by atoms with Crippen LogP contribution in [0.2, 0.25) is 0 Å². The predicted molar refractivity (Wildman–Crippen MR) is 81.8 cm³/mol. The molecule has 1 aromatic carbocycles. The lowest BCUT2D eigenvalue weighted by Gasteiger charge is -2.30. The molecule has 0 spiro atoms. The van der Waals surface area contributed by atoms with Crippen molar-refractivity contribution >= 4 is 38.6 Å². The third kappa shape index (κ3) is 1.96. The van der Waals surface area contributed by atoms with Crippen molar-refractivity contribution in [1.29, 1.82) is 0 Å². The van der Waals surface area contributed by atoms with Crippen LogP contribution in [0.15, 0.2) is 21.4 Å². The van der Waals surface area contributed by atoms with Crippen molar-refractivity contribution in [3.63, 3.8) is 0 Å². The summed E-state index contributed by atoms with van der Waals surface area (Å²) in [6, 6.07) is 4.05. The molecule has 1 aliphatic rings. The average Bonchev–Trinajstić information content (AvgIpc) is 2.51. The fourth-order valence-corrected chi connectivity index (χ4v) is 3.88. The molecule has 1 saturated carbocycles. The largest absolute Gasteiger partial charge is 0.328 e. The van der Waals surface area contributed by atoms with Crippen LogP contribution in [-0.2, 0) is 14.1 Å². The molecule has 1 aliphatic carbocycles. The summed E-state index contributed by atoms with van der Waals surface area (Å²) in [5.74, 6) is 0.566. The minimum Gasteiger partial charge on any atom is -0.295 e. The molecule has 1 unspecified atom stereocenters. The van der Waals surface area contributed by atoms with Gasteiger partial charge in [-0.1, -0.05) is 22.4 Å². The smallest absolute Gasteiger partial charge is 0.295 e. The van der Waals surface area contributed by atoms with Crippen LogP contribution in [0.4, 0.5) is 0 Å². The van der Waals surface area contributed by atoms with Gasteiger partial charge in [0.15, 0.2) is 0 Å². The molecule has 0 N–H and O–H groups in total. The molecule has 3 nitrogen and oxygen atoms in total. The molecule has 0 radical (unpaired) electrons. The normalized spacial score (nSPS) is 17.7. The summed E-state index contributed by atoms with van der Waals surface area (Å²) in [5, 5.41) is 0.0304. The van der Waals surface area contributed by atoms with Gasteiger partial charge in [0.05, 0.1) is 16.4 Å². The van der Waals surface area contributed by atoms with Crippen molar-refractivity contribution in [3.8, 4) is 0 Å². The van der Waals surface area contributed by atoms with E-state index in [1.54, 1.807) is 23.2 Å². The van der Waals surface area contributed by atoms with Crippen LogP contribution >= 0.6 is 27.5 Å². The second-order valence-corrected chi connectivity index (χ2v) is 6.68. The zero-order chi connectivity index (χ0) is 13.7. The number of rotatable bonds is 2. The Hall–Kier alpha value is -0.740. The SMILES string of the molecule is Cn1c(=O)n(C)c2cc(C(Cl)C3CCC3)c(Br)cc21. The van der Waals surface area contributed by atoms with Gasteiger partial charge in [0, 0.05) is 18.6 Å². The fraction of sp³-hybridized carbons (Fsp3) is 0.500. The summed E-state index contributed by atoms with van der Waals surface area (Å²) in [6.45, 7) is 0. The minimum absolute atomic E-state index is 0.00573. The van der Waals surface area contributed by atoms with Crippen LogP contribution in [0.25, 0.3) is 11.0 Å². The highest BCUT2D eigenvalue weighted by atomic mass is 79.9. The van der Waals surface area contributed by atoms with Gasteiger partial charge in [-0.25, -0.2) is 4.79 Å². The Bertz CT molecular complexity index is 700. The van der Waals surface area contributed by atoms with Crippen molar-refractivity contribution in [2.75, 3.05) is 0 Å². The average molecular weight is 344 g/mol. The Morgan fingerprint density at radius 2 is 1.84 bits per heavy atom. The number of fused-ring (bicyclic) bond motifs is 1. The third-order valence-electron chi connectivity index (χ3n) is 4.25. The zero-order valence-electron chi connectivity index (χ0n) is 11.0. The first-order valence-corrected chi connectivity index (χ1v) is 7.72. The number of imidazole rings is 1. The van der Waals surface area contributed by atoms with Crippen LogP contribution in [0, 0.1) is 5.92 Å². The van der Waals surface area contributed by atoms with Gasteiger partial charge in [-0.15, -0.1) is 11.6 Å². The first-order chi connectivity index (χ1) is 9.00. The maximum atomic E-state index is 12.0.